The molecule has 0 aliphatic heterocycles. The molecule has 0 atom stereocenters. The Bertz CT molecular complexity index is 785. The fourth-order valence-electron chi connectivity index (χ4n) is 2.56. The molecule has 0 saturated heterocycles. The number of hydrazone groups is 1. The second kappa shape index (κ2) is 7.47. The van der Waals surface area contributed by atoms with E-state index in [0.717, 1.165) is 33.8 Å². The molecule has 0 heterocycles. The third-order valence-corrected chi connectivity index (χ3v) is 3.79. The standard InChI is InChI=1S/C21H20N2O/c1-16-15-19(13-14-20(16)24-2)22-23-21(17-9-5-3-6-10-17)18-11-7-4-8-12-18/h3-15,22H,1-2H3. The molecule has 24 heavy (non-hydrogen) atoms. The van der Waals surface area contributed by atoms with Crippen LogP contribution in [0.2, 0.25) is 0 Å². The van der Waals surface area contributed by atoms with E-state index in [9.17, 15) is 0 Å². The first-order valence-corrected chi connectivity index (χ1v) is 7.87. The molecule has 3 aromatic rings. The molecule has 0 spiro atoms. The summed E-state index contributed by atoms with van der Waals surface area (Å²) < 4.78 is 5.30. The van der Waals surface area contributed by atoms with Crippen LogP contribution >= 0.6 is 0 Å². The Kier molecular flexibility index (Phi) is 4.92. The van der Waals surface area contributed by atoms with E-state index in [2.05, 4.69) is 34.8 Å². The van der Waals surface area contributed by atoms with E-state index in [1.807, 2.05) is 61.5 Å². The summed E-state index contributed by atoms with van der Waals surface area (Å²) in [5.74, 6) is 0.871. The highest BCUT2D eigenvalue weighted by atomic mass is 16.5. The molecule has 120 valence electrons. The largest absolute Gasteiger partial charge is 0.496 e. The van der Waals surface area contributed by atoms with E-state index >= 15 is 0 Å². The lowest BCUT2D eigenvalue weighted by molar-refractivity contribution is 0.412. The van der Waals surface area contributed by atoms with Crippen LogP contribution in [0, 0.1) is 6.92 Å². The van der Waals surface area contributed by atoms with Crippen molar-refractivity contribution in [2.45, 2.75) is 6.92 Å². The Hall–Kier alpha value is -3.07. The molecule has 0 aliphatic rings. The van der Waals surface area contributed by atoms with E-state index < -0.39 is 0 Å². The second-order valence-electron chi connectivity index (χ2n) is 5.49. The average molecular weight is 316 g/mol. The predicted molar refractivity (Wildman–Crippen MR) is 99.9 cm³/mol. The summed E-state index contributed by atoms with van der Waals surface area (Å²) in [5.41, 5.74) is 8.21. The monoisotopic (exact) mass is 316 g/mol. The van der Waals surface area contributed by atoms with E-state index in [1.54, 1.807) is 7.11 Å². The summed E-state index contributed by atoms with van der Waals surface area (Å²) in [6, 6.07) is 26.3. The van der Waals surface area contributed by atoms with Crippen molar-refractivity contribution in [2.75, 3.05) is 12.5 Å². The van der Waals surface area contributed by atoms with Crippen LogP contribution in [0.25, 0.3) is 0 Å². The minimum Gasteiger partial charge on any atom is -0.496 e. The molecule has 0 unspecified atom stereocenters. The minimum atomic E-state index is 0.871. The van der Waals surface area contributed by atoms with Gasteiger partial charge in [0.1, 0.15) is 5.75 Å². The minimum absolute atomic E-state index is 0.871. The lowest BCUT2D eigenvalue weighted by Crippen LogP contribution is -2.06. The van der Waals surface area contributed by atoms with Gasteiger partial charge in [-0.15, -0.1) is 0 Å². The van der Waals surface area contributed by atoms with Crippen molar-refractivity contribution in [3.8, 4) is 5.75 Å². The molecule has 0 aliphatic carbocycles. The van der Waals surface area contributed by atoms with Gasteiger partial charge in [0.05, 0.1) is 18.5 Å². The summed E-state index contributed by atoms with van der Waals surface area (Å²) in [6.07, 6.45) is 0. The molecular weight excluding hydrogens is 296 g/mol. The van der Waals surface area contributed by atoms with Gasteiger partial charge in [0, 0.05) is 11.1 Å². The summed E-state index contributed by atoms with van der Waals surface area (Å²) in [6.45, 7) is 2.02. The smallest absolute Gasteiger partial charge is 0.121 e. The van der Waals surface area contributed by atoms with E-state index in [1.165, 1.54) is 0 Å². The zero-order chi connectivity index (χ0) is 16.8. The maximum atomic E-state index is 5.30. The van der Waals surface area contributed by atoms with Crippen LogP contribution < -0.4 is 10.2 Å². The number of aryl methyl sites for hydroxylation is 1. The van der Waals surface area contributed by atoms with Gasteiger partial charge in [0.25, 0.3) is 0 Å². The first-order chi connectivity index (χ1) is 11.8. The number of hydrogen-bond donors (Lipinski definition) is 1. The number of rotatable bonds is 5. The number of nitrogens with one attached hydrogen (secondary N) is 1. The molecule has 0 amide bonds. The molecule has 0 saturated carbocycles. The molecule has 0 radical (unpaired) electrons. The van der Waals surface area contributed by atoms with E-state index in [-0.39, 0.29) is 0 Å². The highest BCUT2D eigenvalue weighted by Crippen LogP contribution is 2.21. The molecule has 3 rings (SSSR count). The van der Waals surface area contributed by atoms with E-state index in [0.29, 0.717) is 0 Å². The van der Waals surface area contributed by atoms with Crippen LogP contribution in [0.4, 0.5) is 5.69 Å². The zero-order valence-electron chi connectivity index (χ0n) is 13.9. The van der Waals surface area contributed by atoms with Crippen LogP contribution in [0.1, 0.15) is 16.7 Å². The van der Waals surface area contributed by atoms with Crippen LogP contribution in [0.15, 0.2) is 84.0 Å². The number of ether oxygens (including phenoxy) is 1. The van der Waals surface area contributed by atoms with Gasteiger partial charge in [0.15, 0.2) is 0 Å². The molecule has 0 aromatic heterocycles. The maximum Gasteiger partial charge on any atom is 0.121 e. The number of benzene rings is 3. The summed E-state index contributed by atoms with van der Waals surface area (Å²) >= 11 is 0. The first kappa shape index (κ1) is 15.8. The number of hydrogen-bond acceptors (Lipinski definition) is 3. The van der Waals surface area contributed by atoms with Gasteiger partial charge < -0.3 is 4.74 Å². The van der Waals surface area contributed by atoms with Gasteiger partial charge in [-0.1, -0.05) is 60.7 Å². The number of nitrogens with zero attached hydrogens (tertiary/aromatic N) is 1. The normalized spacial score (nSPS) is 10.1. The van der Waals surface area contributed by atoms with Gasteiger partial charge in [-0.2, -0.15) is 5.10 Å². The van der Waals surface area contributed by atoms with Gasteiger partial charge in [-0.25, -0.2) is 0 Å². The van der Waals surface area contributed by atoms with Crippen LogP contribution in [0.3, 0.4) is 0 Å². The first-order valence-electron chi connectivity index (χ1n) is 7.87. The summed E-state index contributed by atoms with van der Waals surface area (Å²) in [4.78, 5) is 0. The van der Waals surface area contributed by atoms with Gasteiger partial charge in [-0.3, -0.25) is 5.43 Å². The fraction of sp³-hybridized carbons (Fsp3) is 0.0952. The Labute approximate surface area is 142 Å². The highest BCUT2D eigenvalue weighted by molar-refractivity contribution is 6.13. The van der Waals surface area contributed by atoms with Crippen LogP contribution in [-0.2, 0) is 0 Å². The summed E-state index contributed by atoms with van der Waals surface area (Å²) in [5, 5.41) is 4.66. The van der Waals surface area contributed by atoms with Gasteiger partial charge in [0.2, 0.25) is 0 Å². The lowest BCUT2D eigenvalue weighted by atomic mass is 10.0. The Morgan fingerprint density at radius 3 is 1.92 bits per heavy atom. The van der Waals surface area contributed by atoms with E-state index in [4.69, 9.17) is 4.74 Å². The molecule has 3 heteroatoms. The highest BCUT2D eigenvalue weighted by Gasteiger charge is 2.06. The number of anilines is 1. The van der Waals surface area contributed by atoms with Crippen molar-refractivity contribution in [2.24, 2.45) is 5.10 Å². The third-order valence-electron chi connectivity index (χ3n) is 3.79. The maximum absolute atomic E-state index is 5.30. The summed E-state index contributed by atoms with van der Waals surface area (Å²) in [7, 11) is 1.68. The van der Waals surface area contributed by atoms with Crippen molar-refractivity contribution in [1.82, 2.24) is 0 Å². The average Bonchev–Trinajstić information content (AvgIpc) is 2.64. The van der Waals surface area contributed by atoms with Crippen molar-refractivity contribution < 1.29 is 4.74 Å². The fourth-order valence-corrected chi connectivity index (χ4v) is 2.56. The third kappa shape index (κ3) is 3.63. The Balaban J connectivity index is 1.94. The molecule has 3 aromatic carbocycles. The number of methoxy groups -OCH3 is 1. The van der Waals surface area contributed by atoms with Crippen LogP contribution in [0.5, 0.6) is 5.75 Å². The zero-order valence-corrected chi connectivity index (χ0v) is 13.9. The quantitative estimate of drug-likeness (QED) is 0.538. The Morgan fingerprint density at radius 2 is 1.42 bits per heavy atom. The molecule has 1 N–H and O–H groups in total. The molecule has 0 bridgehead atoms. The Morgan fingerprint density at radius 1 is 0.833 bits per heavy atom. The van der Waals surface area contributed by atoms with Crippen molar-refractivity contribution >= 4 is 11.4 Å². The van der Waals surface area contributed by atoms with Crippen molar-refractivity contribution in [1.29, 1.82) is 0 Å². The van der Waals surface area contributed by atoms with Crippen LogP contribution in [-0.4, -0.2) is 12.8 Å². The topological polar surface area (TPSA) is 33.6 Å². The molecular formula is C21H20N2O. The van der Waals surface area contributed by atoms with Gasteiger partial charge >= 0.3 is 0 Å². The predicted octanol–water partition coefficient (Wildman–Crippen LogP) is 4.87. The molecule has 3 nitrogen and oxygen atoms in total. The SMILES string of the molecule is COc1ccc(NN=C(c2ccccc2)c2ccccc2)cc1C. The lowest BCUT2D eigenvalue weighted by Gasteiger charge is -2.10. The van der Waals surface area contributed by atoms with Crippen molar-refractivity contribution in [3.05, 3.63) is 95.6 Å². The second-order valence-corrected chi connectivity index (χ2v) is 5.49. The van der Waals surface area contributed by atoms with Gasteiger partial charge in [-0.05, 0) is 30.7 Å². The van der Waals surface area contributed by atoms with Crippen molar-refractivity contribution in [3.63, 3.8) is 0 Å². The molecule has 0 fully saturated rings.